The molecule has 1 aromatic carbocycles. The molecule has 0 bridgehead atoms. The van der Waals surface area contributed by atoms with Crippen LogP contribution in [0.5, 0.6) is 6.01 Å². The van der Waals surface area contributed by atoms with Gasteiger partial charge in [0.2, 0.25) is 0 Å². The summed E-state index contributed by atoms with van der Waals surface area (Å²) in [5, 5.41) is 0.533. The molecule has 0 spiro atoms. The maximum absolute atomic E-state index is 14.3. The van der Waals surface area contributed by atoms with E-state index in [0.29, 0.717) is 61.7 Å². The van der Waals surface area contributed by atoms with Gasteiger partial charge >= 0.3 is 18.3 Å². The van der Waals surface area contributed by atoms with E-state index in [1.54, 1.807) is 39.7 Å². The number of aromatic nitrogens is 3. The van der Waals surface area contributed by atoms with Crippen LogP contribution in [0.25, 0.3) is 22.2 Å². The molecule has 3 aromatic rings. The first-order valence-electron chi connectivity index (χ1n) is 15.4. The lowest BCUT2D eigenvalue weighted by Gasteiger charge is -2.36. The van der Waals surface area contributed by atoms with Crippen molar-refractivity contribution in [2.75, 3.05) is 64.5 Å². The van der Waals surface area contributed by atoms with Gasteiger partial charge in [-0.1, -0.05) is 11.6 Å². The minimum atomic E-state index is -4.67. The Balaban J connectivity index is 1.51. The van der Waals surface area contributed by atoms with Crippen molar-refractivity contribution in [1.29, 1.82) is 0 Å². The molecule has 0 N–H and O–H groups in total. The SMILES string of the molecule is COCCN1C[C@H](F)C[C@H]1COc1nc(N2CCN(C(=O)OC(C)(C)C)CC2)c2cc(Cl)c(-c3nc(C)ccc3C(F)(F)F)cc2n1. The Hall–Kier alpha value is -3.49. The molecule has 4 heterocycles. The van der Waals surface area contributed by atoms with Crippen molar-refractivity contribution in [1.82, 2.24) is 24.8 Å². The van der Waals surface area contributed by atoms with Crippen LogP contribution in [0.4, 0.5) is 28.2 Å². The smallest absolute Gasteiger partial charge is 0.418 e. The second-order valence-corrected chi connectivity index (χ2v) is 13.2. The van der Waals surface area contributed by atoms with E-state index in [9.17, 15) is 22.4 Å². The number of hydrogen-bond donors (Lipinski definition) is 0. The Morgan fingerprint density at radius 3 is 2.45 bits per heavy atom. The summed E-state index contributed by atoms with van der Waals surface area (Å²) in [5.74, 6) is 0.446. The van der Waals surface area contributed by atoms with E-state index in [2.05, 4.69) is 9.97 Å². The van der Waals surface area contributed by atoms with Crippen LogP contribution in [0.2, 0.25) is 5.02 Å². The number of hydrogen-bond acceptors (Lipinski definition) is 9. The number of methoxy groups -OCH3 is 1. The largest absolute Gasteiger partial charge is 0.462 e. The second kappa shape index (κ2) is 13.9. The van der Waals surface area contributed by atoms with Crippen LogP contribution in [0.15, 0.2) is 24.3 Å². The normalized spacial score (nSPS) is 19.4. The summed E-state index contributed by atoms with van der Waals surface area (Å²) in [6.45, 7) is 9.79. The van der Waals surface area contributed by atoms with E-state index in [0.717, 1.165) is 6.07 Å². The molecule has 2 fully saturated rings. The van der Waals surface area contributed by atoms with Crippen molar-refractivity contribution in [3.05, 3.63) is 40.5 Å². The highest BCUT2D eigenvalue weighted by Gasteiger charge is 2.36. The number of benzene rings is 1. The van der Waals surface area contributed by atoms with Crippen molar-refractivity contribution in [3.63, 3.8) is 0 Å². The van der Waals surface area contributed by atoms with Crippen molar-refractivity contribution in [2.24, 2.45) is 0 Å². The molecule has 2 atom stereocenters. The molecular formula is C32H39ClF4N6O4. The van der Waals surface area contributed by atoms with E-state index in [-0.39, 0.29) is 47.9 Å². The summed E-state index contributed by atoms with van der Waals surface area (Å²) in [6, 6.07) is 5.02. The molecule has 0 unspecified atom stereocenters. The molecule has 10 nitrogen and oxygen atoms in total. The molecule has 2 saturated heterocycles. The number of piperazine rings is 1. The Morgan fingerprint density at radius 1 is 1.06 bits per heavy atom. The molecule has 5 rings (SSSR count). The first kappa shape index (κ1) is 34.8. The first-order valence-corrected chi connectivity index (χ1v) is 15.8. The molecule has 1 amide bonds. The number of carbonyl (C=O) groups is 1. The zero-order chi connectivity index (χ0) is 34.1. The fourth-order valence-electron chi connectivity index (χ4n) is 5.77. The molecule has 15 heteroatoms. The minimum Gasteiger partial charge on any atom is -0.462 e. The topological polar surface area (TPSA) is 93.2 Å². The quantitative estimate of drug-likeness (QED) is 0.259. The average Bonchev–Trinajstić information content (AvgIpc) is 3.35. The van der Waals surface area contributed by atoms with E-state index in [1.165, 1.54) is 18.2 Å². The van der Waals surface area contributed by atoms with Crippen LogP contribution in [-0.2, 0) is 15.7 Å². The van der Waals surface area contributed by atoms with Crippen molar-refractivity contribution in [2.45, 2.75) is 58.1 Å². The van der Waals surface area contributed by atoms with Gasteiger partial charge in [0.1, 0.15) is 24.2 Å². The number of rotatable bonds is 8. The fourth-order valence-corrected chi connectivity index (χ4v) is 6.02. The fraction of sp³-hybridized carbons (Fsp3) is 0.562. The van der Waals surface area contributed by atoms with Gasteiger partial charge in [-0.25, -0.2) is 9.18 Å². The summed E-state index contributed by atoms with van der Waals surface area (Å²) >= 11 is 6.67. The van der Waals surface area contributed by atoms with E-state index < -0.39 is 29.6 Å². The first-order chi connectivity index (χ1) is 22.1. The Kier molecular flexibility index (Phi) is 10.3. The van der Waals surface area contributed by atoms with Crippen molar-refractivity contribution < 1.29 is 36.6 Å². The number of halogens is 5. The van der Waals surface area contributed by atoms with Gasteiger partial charge in [-0.3, -0.25) is 9.88 Å². The lowest BCUT2D eigenvalue weighted by Crippen LogP contribution is -2.50. The number of carbonyl (C=O) groups excluding carboxylic acids is 1. The number of aryl methyl sites for hydroxylation is 1. The van der Waals surface area contributed by atoms with Gasteiger partial charge in [-0.15, -0.1) is 0 Å². The Morgan fingerprint density at radius 2 is 1.79 bits per heavy atom. The zero-order valence-electron chi connectivity index (χ0n) is 27.0. The van der Waals surface area contributed by atoms with Crippen molar-refractivity contribution >= 4 is 34.4 Å². The molecular weight excluding hydrogens is 644 g/mol. The summed E-state index contributed by atoms with van der Waals surface area (Å²) < 4.78 is 73.2. The highest BCUT2D eigenvalue weighted by atomic mass is 35.5. The lowest BCUT2D eigenvalue weighted by atomic mass is 10.0. The zero-order valence-corrected chi connectivity index (χ0v) is 27.8. The Bertz CT molecular complexity index is 1600. The third kappa shape index (κ3) is 8.33. The number of fused-ring (bicyclic) bond motifs is 1. The molecule has 2 aliphatic heterocycles. The second-order valence-electron chi connectivity index (χ2n) is 12.8. The maximum Gasteiger partial charge on any atom is 0.418 e. The molecule has 0 saturated carbocycles. The predicted molar refractivity (Wildman–Crippen MR) is 170 cm³/mol. The van der Waals surface area contributed by atoms with Gasteiger partial charge in [0.25, 0.3) is 0 Å². The van der Waals surface area contributed by atoms with Gasteiger partial charge < -0.3 is 24.0 Å². The number of likely N-dealkylation sites (tertiary alicyclic amines) is 1. The van der Waals surface area contributed by atoms with Crippen LogP contribution in [0.1, 0.15) is 38.4 Å². The summed E-state index contributed by atoms with van der Waals surface area (Å²) in [7, 11) is 1.58. The van der Waals surface area contributed by atoms with Crippen LogP contribution >= 0.6 is 11.6 Å². The van der Waals surface area contributed by atoms with Gasteiger partial charge in [0.15, 0.2) is 0 Å². The number of nitrogens with zero attached hydrogens (tertiary/aromatic N) is 6. The molecule has 0 aliphatic carbocycles. The molecule has 2 aliphatic rings. The van der Waals surface area contributed by atoms with Crippen LogP contribution in [-0.4, -0.2) is 108 Å². The van der Waals surface area contributed by atoms with E-state index in [4.69, 9.17) is 30.8 Å². The van der Waals surface area contributed by atoms with Gasteiger partial charge in [0.05, 0.1) is 28.4 Å². The Labute approximate surface area is 275 Å². The predicted octanol–water partition coefficient (Wildman–Crippen LogP) is 6.17. The number of anilines is 1. The maximum atomic E-state index is 14.3. The molecule has 2 aromatic heterocycles. The summed E-state index contributed by atoms with van der Waals surface area (Å²) in [4.78, 5) is 31.7. The number of alkyl halides is 4. The number of ether oxygens (including phenoxy) is 3. The van der Waals surface area contributed by atoms with Crippen LogP contribution in [0, 0.1) is 6.92 Å². The van der Waals surface area contributed by atoms with Gasteiger partial charge in [-0.2, -0.15) is 23.1 Å². The van der Waals surface area contributed by atoms with Crippen LogP contribution in [0.3, 0.4) is 0 Å². The lowest BCUT2D eigenvalue weighted by molar-refractivity contribution is -0.137. The third-order valence-electron chi connectivity index (χ3n) is 8.03. The average molecular weight is 683 g/mol. The van der Waals surface area contributed by atoms with Gasteiger partial charge in [0, 0.05) is 69.1 Å². The number of pyridine rings is 1. The van der Waals surface area contributed by atoms with Crippen molar-refractivity contribution in [3.8, 4) is 17.3 Å². The highest BCUT2D eigenvalue weighted by molar-refractivity contribution is 6.34. The van der Waals surface area contributed by atoms with Gasteiger partial charge in [-0.05, 0) is 58.4 Å². The molecule has 256 valence electrons. The van der Waals surface area contributed by atoms with E-state index in [1.807, 2.05) is 9.80 Å². The molecule has 0 radical (unpaired) electrons. The monoisotopic (exact) mass is 682 g/mol. The standard InChI is InChI=1S/C32H39ClF4N6O4/c1-19-6-7-24(32(35,36)37)27(38-19)22-16-26-23(15-25(22)33)28(41-8-10-42(11-9-41)30(44)47-31(2,3)4)40-29(39-26)46-18-21-14-20(34)17-43(21)12-13-45-5/h6-7,15-16,20-21H,8-14,17-18H2,1-5H3/t20-,21+/m1/s1. The highest BCUT2D eigenvalue weighted by Crippen LogP contribution is 2.41. The summed E-state index contributed by atoms with van der Waals surface area (Å²) in [5.41, 5.74) is -1.14. The third-order valence-corrected chi connectivity index (χ3v) is 8.35. The molecule has 47 heavy (non-hydrogen) atoms. The van der Waals surface area contributed by atoms with E-state index >= 15 is 0 Å². The minimum absolute atomic E-state index is 0.0161. The number of amides is 1. The summed E-state index contributed by atoms with van der Waals surface area (Å²) in [6.07, 6.45) is -5.83. The van der Waals surface area contributed by atoms with Crippen LogP contribution < -0.4 is 9.64 Å².